The zero-order valence-electron chi connectivity index (χ0n) is 23.9. The number of carbonyl (C=O) groups excluding carboxylic acids is 2. The summed E-state index contributed by atoms with van der Waals surface area (Å²) in [5.74, 6) is 0.408. The Labute approximate surface area is 233 Å². The van der Waals surface area contributed by atoms with E-state index >= 15 is 0 Å². The number of rotatable bonds is 8. The zero-order chi connectivity index (χ0) is 27.8. The minimum Gasteiger partial charge on any atom is -0.376 e. The van der Waals surface area contributed by atoms with Crippen molar-refractivity contribution in [1.29, 1.82) is 0 Å². The van der Waals surface area contributed by atoms with Crippen LogP contribution in [0.4, 0.5) is 0 Å². The Morgan fingerprint density at radius 3 is 2.26 bits per heavy atom. The van der Waals surface area contributed by atoms with E-state index in [9.17, 15) is 9.59 Å². The molecule has 3 aliphatic rings. The van der Waals surface area contributed by atoms with E-state index < -0.39 is 19.5 Å². The number of ether oxygens (including phenoxy) is 1. The molecule has 1 aliphatic carbocycles. The Balaban J connectivity index is 1.33. The molecule has 5 rings (SSSR count). The molecule has 1 saturated carbocycles. The van der Waals surface area contributed by atoms with E-state index in [0.29, 0.717) is 32.1 Å². The summed E-state index contributed by atoms with van der Waals surface area (Å²) in [7, 11) is -1.70. The van der Waals surface area contributed by atoms with Gasteiger partial charge in [0.25, 0.3) is 0 Å². The minimum absolute atomic E-state index is 0.0388. The predicted octanol–water partition coefficient (Wildman–Crippen LogP) is 5.70. The van der Waals surface area contributed by atoms with Crippen LogP contribution in [0, 0.1) is 0 Å². The maximum atomic E-state index is 14.2. The van der Waals surface area contributed by atoms with Gasteiger partial charge in [-0.25, -0.2) is 0 Å². The summed E-state index contributed by atoms with van der Waals surface area (Å²) in [4.78, 5) is 34.5. The summed E-state index contributed by atoms with van der Waals surface area (Å²) < 4.78 is 6.10. The molecular weight excluding hydrogens is 502 g/mol. The smallest absolute Gasteiger partial charge is 0.233 e. The molecule has 0 bridgehead atoms. The fourth-order valence-corrected chi connectivity index (χ4v) is 8.94. The van der Waals surface area contributed by atoms with Crippen LogP contribution in [0.1, 0.15) is 50.2 Å². The lowest BCUT2D eigenvalue weighted by atomic mass is 9.83. The highest BCUT2D eigenvalue weighted by molar-refractivity contribution is 6.82. The number of amidine groups is 1. The van der Waals surface area contributed by atoms with Gasteiger partial charge in [-0.05, 0) is 43.4 Å². The van der Waals surface area contributed by atoms with Crippen LogP contribution in [0.15, 0.2) is 76.8 Å². The fourth-order valence-electron chi connectivity index (χ4n) is 6.34. The molecule has 1 N–H and O–H groups in total. The van der Waals surface area contributed by atoms with E-state index in [1.54, 1.807) is 0 Å². The van der Waals surface area contributed by atoms with E-state index in [0.717, 1.165) is 41.5 Å². The van der Waals surface area contributed by atoms with Gasteiger partial charge in [-0.2, -0.15) is 0 Å². The van der Waals surface area contributed by atoms with Crippen LogP contribution in [-0.4, -0.2) is 55.9 Å². The largest absolute Gasteiger partial charge is 0.376 e. The van der Waals surface area contributed by atoms with Gasteiger partial charge in [0, 0.05) is 10.6 Å². The first-order valence-electron chi connectivity index (χ1n) is 14.1. The lowest BCUT2D eigenvalue weighted by Gasteiger charge is -2.49. The van der Waals surface area contributed by atoms with Gasteiger partial charge < -0.3 is 15.0 Å². The van der Waals surface area contributed by atoms with Crippen molar-refractivity contribution in [1.82, 2.24) is 10.2 Å². The molecule has 2 aromatic carbocycles. The molecule has 7 heteroatoms. The molecule has 0 spiro atoms. The number of nitrogens with zero attached hydrogens (tertiary/aromatic N) is 2. The summed E-state index contributed by atoms with van der Waals surface area (Å²) in [6.07, 6.45) is 3.04. The quantitative estimate of drug-likeness (QED) is 0.435. The van der Waals surface area contributed by atoms with Gasteiger partial charge in [-0.1, -0.05) is 86.7 Å². The average Bonchev–Trinajstić information content (AvgIpc) is 3.38. The van der Waals surface area contributed by atoms with Gasteiger partial charge in [-0.3, -0.25) is 14.6 Å². The number of benzene rings is 2. The van der Waals surface area contributed by atoms with E-state index in [4.69, 9.17) is 9.73 Å². The average molecular weight is 544 g/mol. The van der Waals surface area contributed by atoms with Crippen LogP contribution in [0.25, 0.3) is 0 Å². The third-order valence-corrected chi connectivity index (χ3v) is 12.8. The van der Waals surface area contributed by atoms with Gasteiger partial charge in [0.05, 0.1) is 45.8 Å². The summed E-state index contributed by atoms with van der Waals surface area (Å²) in [5.41, 5.74) is 3.66. The molecule has 39 heavy (non-hydrogen) atoms. The maximum Gasteiger partial charge on any atom is 0.233 e. The zero-order valence-corrected chi connectivity index (χ0v) is 24.9. The molecule has 206 valence electrons. The highest BCUT2D eigenvalue weighted by Crippen LogP contribution is 2.55. The van der Waals surface area contributed by atoms with Gasteiger partial charge in [0.15, 0.2) is 0 Å². The van der Waals surface area contributed by atoms with Gasteiger partial charge in [-0.15, -0.1) is 0 Å². The van der Waals surface area contributed by atoms with E-state index in [-0.39, 0.29) is 16.9 Å². The molecule has 0 unspecified atom stereocenters. The highest BCUT2D eigenvalue weighted by Gasteiger charge is 2.54. The van der Waals surface area contributed by atoms with Crippen LogP contribution < -0.4 is 5.32 Å². The van der Waals surface area contributed by atoms with Crippen molar-refractivity contribution in [2.75, 3.05) is 19.7 Å². The third-order valence-electron chi connectivity index (χ3n) is 9.25. The Morgan fingerprint density at radius 2 is 1.67 bits per heavy atom. The summed E-state index contributed by atoms with van der Waals surface area (Å²) in [6, 6.07) is 19.9. The predicted molar refractivity (Wildman–Crippen MR) is 158 cm³/mol. The van der Waals surface area contributed by atoms with E-state index in [1.807, 2.05) is 65.6 Å². The molecule has 0 aromatic heterocycles. The molecule has 6 nitrogen and oxygen atoms in total. The second-order valence-corrected chi connectivity index (χ2v) is 18.2. The first-order valence-corrected chi connectivity index (χ1v) is 17.6. The summed E-state index contributed by atoms with van der Waals surface area (Å²) >= 11 is 0. The molecule has 1 atom stereocenters. The van der Waals surface area contributed by atoms with Gasteiger partial charge in [0.1, 0.15) is 5.84 Å². The monoisotopic (exact) mass is 543 g/mol. The lowest BCUT2D eigenvalue weighted by molar-refractivity contribution is -0.137. The number of hydrogen-bond acceptors (Lipinski definition) is 4. The molecule has 2 amide bonds. The number of aliphatic imine (C=N–C) groups is 1. The minimum atomic E-state index is -1.70. The summed E-state index contributed by atoms with van der Waals surface area (Å²) in [5, 5.41) is 3.01. The molecule has 2 aromatic rings. The Hall–Kier alpha value is -3.03. The normalized spacial score (nSPS) is 20.2. The Kier molecular flexibility index (Phi) is 7.42. The molecule has 2 heterocycles. The van der Waals surface area contributed by atoms with Crippen LogP contribution in [0.2, 0.25) is 24.7 Å². The summed E-state index contributed by atoms with van der Waals surface area (Å²) in [6.45, 7) is 12.8. The first-order chi connectivity index (χ1) is 18.5. The highest BCUT2D eigenvalue weighted by atomic mass is 28.3. The molecular formula is C32H41N3O3Si. The van der Waals surface area contributed by atoms with Crippen molar-refractivity contribution in [2.45, 2.75) is 75.9 Å². The number of amides is 2. The second-order valence-electron chi connectivity index (χ2n) is 12.7. The number of nitrogens with one attached hydrogen (secondary N) is 1. The van der Waals surface area contributed by atoms with Crippen molar-refractivity contribution in [3.63, 3.8) is 0 Å². The van der Waals surface area contributed by atoms with Gasteiger partial charge in [0.2, 0.25) is 11.8 Å². The number of carbonyl (C=O) groups is 2. The maximum absolute atomic E-state index is 14.2. The van der Waals surface area contributed by atoms with Crippen LogP contribution in [-0.2, 0) is 20.9 Å². The van der Waals surface area contributed by atoms with Crippen molar-refractivity contribution in [3.05, 3.63) is 82.9 Å². The molecule has 2 aliphatic heterocycles. The van der Waals surface area contributed by atoms with E-state index in [2.05, 4.69) is 38.8 Å². The third kappa shape index (κ3) is 5.02. The van der Waals surface area contributed by atoms with Gasteiger partial charge >= 0.3 is 0 Å². The van der Waals surface area contributed by atoms with Crippen LogP contribution in [0.3, 0.4) is 0 Å². The topological polar surface area (TPSA) is 71.0 Å². The van der Waals surface area contributed by atoms with Crippen molar-refractivity contribution in [2.24, 2.45) is 4.99 Å². The SMILES string of the molecule is CC1(C)C2=C(CN1C(=O)[C@@H](COCc1ccccc1)c1ccccc1)C(NC(=O)C1([Si](C)(C)C)CCC1)=NC2. The molecule has 1 fully saturated rings. The van der Waals surface area contributed by atoms with E-state index in [1.165, 1.54) is 0 Å². The standard InChI is InChI=1S/C32H41N3O3Si/c1-31(2)27-19-33-28(34-30(37)32(17-12-18-32)39(3,4)5)25(27)20-35(31)29(36)26(24-15-10-7-11-16-24)22-38-21-23-13-8-6-9-14-23/h6-11,13-16,26H,12,17-22H2,1-5H3,(H,33,34,37)/t26-/m0/s1. The van der Waals surface area contributed by atoms with Crippen LogP contribution >= 0.6 is 0 Å². The lowest BCUT2D eigenvalue weighted by Crippen LogP contribution is -2.55. The fraction of sp³-hybridized carbons (Fsp3) is 0.469. The molecule has 0 radical (unpaired) electrons. The van der Waals surface area contributed by atoms with Crippen molar-refractivity contribution >= 4 is 25.7 Å². The Bertz CT molecular complexity index is 1290. The molecule has 0 saturated heterocycles. The van der Waals surface area contributed by atoms with Crippen LogP contribution in [0.5, 0.6) is 0 Å². The Morgan fingerprint density at radius 1 is 1.03 bits per heavy atom. The number of hydrogen-bond donors (Lipinski definition) is 1. The first kappa shape index (κ1) is 27.5. The van der Waals surface area contributed by atoms with Crippen molar-refractivity contribution in [3.8, 4) is 0 Å². The second kappa shape index (κ2) is 10.5. The van der Waals surface area contributed by atoms with Crippen molar-refractivity contribution < 1.29 is 14.3 Å².